The molecule has 1 rings (SSSR count). The highest BCUT2D eigenvalue weighted by atomic mass is 32.2. The van der Waals surface area contributed by atoms with Gasteiger partial charge in [-0.1, -0.05) is 13.8 Å². The number of rotatable bonds is 7. The normalized spacial score (nSPS) is 30.6. The van der Waals surface area contributed by atoms with Crippen LogP contribution in [0.1, 0.15) is 39.5 Å². The molecule has 16 heavy (non-hydrogen) atoms. The average Bonchev–Trinajstić information content (AvgIpc) is 2.22. The van der Waals surface area contributed by atoms with Crippen molar-refractivity contribution < 1.29 is 5.11 Å². The molecule has 2 nitrogen and oxygen atoms in total. The summed E-state index contributed by atoms with van der Waals surface area (Å²) in [5.74, 6) is 4.06. The standard InChI is InChI=1S/C13H27NOS/c1-11-8-12(2)10-13(9-11)14-4-7-16-6-3-5-15/h11-15H,3-10H2,1-2H3. The number of hydrogen-bond donors (Lipinski definition) is 2. The Morgan fingerprint density at radius 1 is 1.12 bits per heavy atom. The molecule has 0 aliphatic heterocycles. The van der Waals surface area contributed by atoms with Crippen molar-refractivity contribution in [2.75, 3.05) is 24.7 Å². The molecule has 0 aromatic heterocycles. The molecule has 96 valence electrons. The van der Waals surface area contributed by atoms with Crippen molar-refractivity contribution in [2.24, 2.45) is 11.8 Å². The molecule has 1 saturated carbocycles. The Hall–Kier alpha value is 0.270. The van der Waals surface area contributed by atoms with Gasteiger partial charge in [-0.3, -0.25) is 0 Å². The summed E-state index contributed by atoms with van der Waals surface area (Å²) in [5, 5.41) is 12.3. The fourth-order valence-electron chi connectivity index (χ4n) is 2.72. The van der Waals surface area contributed by atoms with Gasteiger partial charge in [-0.2, -0.15) is 11.8 Å². The summed E-state index contributed by atoms with van der Waals surface area (Å²) < 4.78 is 0. The lowest BCUT2D eigenvalue weighted by molar-refractivity contribution is 0.242. The second kappa shape index (κ2) is 8.37. The predicted molar refractivity (Wildman–Crippen MR) is 73.0 cm³/mol. The zero-order chi connectivity index (χ0) is 11.8. The molecule has 1 fully saturated rings. The minimum atomic E-state index is 0.331. The van der Waals surface area contributed by atoms with Crippen LogP contribution in [0.4, 0.5) is 0 Å². The van der Waals surface area contributed by atoms with Gasteiger partial charge in [0, 0.05) is 24.9 Å². The van der Waals surface area contributed by atoms with Crippen LogP contribution in [0.3, 0.4) is 0 Å². The highest BCUT2D eigenvalue weighted by Crippen LogP contribution is 2.28. The van der Waals surface area contributed by atoms with E-state index in [1.807, 2.05) is 11.8 Å². The summed E-state index contributed by atoms with van der Waals surface area (Å²) in [6.07, 6.45) is 5.04. The molecule has 2 unspecified atom stereocenters. The highest BCUT2D eigenvalue weighted by molar-refractivity contribution is 7.99. The van der Waals surface area contributed by atoms with E-state index in [0.717, 1.165) is 36.6 Å². The quantitative estimate of drug-likeness (QED) is 0.676. The third-order valence-corrected chi connectivity index (χ3v) is 4.37. The number of aliphatic hydroxyl groups is 1. The summed E-state index contributed by atoms with van der Waals surface area (Å²) in [6.45, 7) is 6.21. The zero-order valence-corrected chi connectivity index (χ0v) is 11.6. The molecule has 0 saturated heterocycles. The monoisotopic (exact) mass is 245 g/mol. The summed E-state index contributed by atoms with van der Waals surface area (Å²) in [7, 11) is 0. The minimum absolute atomic E-state index is 0.331. The molecule has 0 aromatic rings. The van der Waals surface area contributed by atoms with Crippen molar-refractivity contribution in [1.29, 1.82) is 0 Å². The highest BCUT2D eigenvalue weighted by Gasteiger charge is 2.22. The summed E-state index contributed by atoms with van der Waals surface area (Å²) in [4.78, 5) is 0. The maximum Gasteiger partial charge on any atom is 0.0438 e. The molecule has 0 bridgehead atoms. The molecular weight excluding hydrogens is 218 g/mol. The molecule has 1 aliphatic rings. The molecule has 0 spiro atoms. The van der Waals surface area contributed by atoms with Gasteiger partial charge in [-0.05, 0) is 43.3 Å². The van der Waals surface area contributed by atoms with E-state index in [0.29, 0.717) is 6.61 Å². The van der Waals surface area contributed by atoms with Crippen LogP contribution in [0, 0.1) is 11.8 Å². The summed E-state index contributed by atoms with van der Waals surface area (Å²) >= 11 is 1.95. The summed E-state index contributed by atoms with van der Waals surface area (Å²) in [6, 6.07) is 0.747. The van der Waals surface area contributed by atoms with Crippen LogP contribution < -0.4 is 5.32 Å². The largest absolute Gasteiger partial charge is 0.396 e. The maximum atomic E-state index is 8.66. The number of aliphatic hydroxyl groups excluding tert-OH is 1. The SMILES string of the molecule is CC1CC(C)CC(NCCSCCCO)C1. The van der Waals surface area contributed by atoms with E-state index in [-0.39, 0.29) is 0 Å². The van der Waals surface area contributed by atoms with E-state index in [2.05, 4.69) is 19.2 Å². The van der Waals surface area contributed by atoms with Gasteiger partial charge in [0.15, 0.2) is 0 Å². The van der Waals surface area contributed by atoms with Gasteiger partial charge in [0.2, 0.25) is 0 Å². The molecule has 1 aliphatic carbocycles. The molecule has 2 atom stereocenters. The van der Waals surface area contributed by atoms with E-state index < -0.39 is 0 Å². The Kier molecular flexibility index (Phi) is 7.50. The first-order chi connectivity index (χ1) is 7.72. The van der Waals surface area contributed by atoms with Crippen molar-refractivity contribution >= 4 is 11.8 Å². The fourth-order valence-corrected chi connectivity index (χ4v) is 3.52. The van der Waals surface area contributed by atoms with E-state index in [9.17, 15) is 0 Å². The molecule has 0 heterocycles. The van der Waals surface area contributed by atoms with Crippen molar-refractivity contribution in [3.05, 3.63) is 0 Å². The Bertz CT molecular complexity index is 167. The van der Waals surface area contributed by atoms with Crippen LogP contribution in [0.2, 0.25) is 0 Å². The first-order valence-corrected chi connectivity index (χ1v) is 7.79. The summed E-state index contributed by atoms with van der Waals surface area (Å²) in [5.41, 5.74) is 0. The molecule has 2 N–H and O–H groups in total. The van der Waals surface area contributed by atoms with Gasteiger partial charge in [0.1, 0.15) is 0 Å². The first-order valence-electron chi connectivity index (χ1n) is 6.64. The Morgan fingerprint density at radius 2 is 1.81 bits per heavy atom. The molecule has 0 radical (unpaired) electrons. The second-order valence-corrected chi connectivity index (χ2v) is 6.48. The second-order valence-electron chi connectivity index (χ2n) is 5.26. The maximum absolute atomic E-state index is 8.66. The van der Waals surface area contributed by atoms with E-state index in [4.69, 9.17) is 5.11 Å². The molecule has 0 amide bonds. The van der Waals surface area contributed by atoms with Crippen molar-refractivity contribution in [3.8, 4) is 0 Å². The van der Waals surface area contributed by atoms with Gasteiger partial charge in [0.25, 0.3) is 0 Å². The molecular formula is C13H27NOS. The third-order valence-electron chi connectivity index (χ3n) is 3.30. The van der Waals surface area contributed by atoms with Gasteiger partial charge in [-0.15, -0.1) is 0 Å². The van der Waals surface area contributed by atoms with Crippen molar-refractivity contribution in [2.45, 2.75) is 45.6 Å². The van der Waals surface area contributed by atoms with Crippen LogP contribution in [-0.4, -0.2) is 35.8 Å². The van der Waals surface area contributed by atoms with Gasteiger partial charge in [0.05, 0.1) is 0 Å². The van der Waals surface area contributed by atoms with E-state index in [1.54, 1.807) is 0 Å². The van der Waals surface area contributed by atoms with Crippen LogP contribution in [0.25, 0.3) is 0 Å². The Morgan fingerprint density at radius 3 is 2.44 bits per heavy atom. The van der Waals surface area contributed by atoms with Crippen LogP contribution in [-0.2, 0) is 0 Å². The molecule has 3 heteroatoms. The topological polar surface area (TPSA) is 32.3 Å². The van der Waals surface area contributed by atoms with Gasteiger partial charge >= 0.3 is 0 Å². The van der Waals surface area contributed by atoms with E-state index in [1.165, 1.54) is 25.0 Å². The number of thioether (sulfide) groups is 1. The Balaban J connectivity index is 1.99. The van der Waals surface area contributed by atoms with Crippen molar-refractivity contribution in [1.82, 2.24) is 5.32 Å². The lowest BCUT2D eigenvalue weighted by Gasteiger charge is -2.32. The Labute approximate surface area is 105 Å². The number of nitrogens with one attached hydrogen (secondary N) is 1. The molecule has 0 aromatic carbocycles. The third kappa shape index (κ3) is 6.12. The average molecular weight is 245 g/mol. The first kappa shape index (κ1) is 14.3. The van der Waals surface area contributed by atoms with Gasteiger partial charge in [-0.25, -0.2) is 0 Å². The lowest BCUT2D eigenvalue weighted by atomic mass is 9.80. The minimum Gasteiger partial charge on any atom is -0.396 e. The van der Waals surface area contributed by atoms with Gasteiger partial charge < -0.3 is 10.4 Å². The van der Waals surface area contributed by atoms with Crippen LogP contribution >= 0.6 is 11.8 Å². The van der Waals surface area contributed by atoms with Crippen molar-refractivity contribution in [3.63, 3.8) is 0 Å². The zero-order valence-electron chi connectivity index (χ0n) is 10.7. The van der Waals surface area contributed by atoms with Crippen LogP contribution in [0.15, 0.2) is 0 Å². The van der Waals surface area contributed by atoms with E-state index >= 15 is 0 Å². The lowest BCUT2D eigenvalue weighted by Crippen LogP contribution is -2.37. The number of hydrogen-bond acceptors (Lipinski definition) is 3. The smallest absolute Gasteiger partial charge is 0.0438 e. The fraction of sp³-hybridized carbons (Fsp3) is 1.00. The van der Waals surface area contributed by atoms with Crippen LogP contribution in [0.5, 0.6) is 0 Å². The predicted octanol–water partition coefficient (Wildman–Crippen LogP) is 2.52.